The number of carbonyl (C=O) groups is 1. The maximum Gasteiger partial charge on any atom is 0.253 e. The van der Waals surface area contributed by atoms with E-state index in [2.05, 4.69) is 15.5 Å². The predicted molar refractivity (Wildman–Crippen MR) is 117 cm³/mol. The topological polar surface area (TPSA) is 111 Å². The van der Waals surface area contributed by atoms with Crippen LogP contribution in [0.5, 0.6) is 0 Å². The first-order valence-electron chi connectivity index (χ1n) is 9.93. The van der Waals surface area contributed by atoms with Crippen molar-refractivity contribution in [2.45, 2.75) is 12.3 Å². The van der Waals surface area contributed by atoms with Gasteiger partial charge in [0.25, 0.3) is 5.91 Å². The van der Waals surface area contributed by atoms with E-state index in [0.717, 1.165) is 5.56 Å². The van der Waals surface area contributed by atoms with E-state index in [1.807, 2.05) is 17.0 Å². The minimum Gasteiger partial charge on any atom is -0.364 e. The molecule has 1 aromatic heterocycles. The molecule has 1 saturated heterocycles. The van der Waals surface area contributed by atoms with Crippen LogP contribution in [0.15, 0.2) is 46.1 Å². The van der Waals surface area contributed by atoms with Crippen molar-refractivity contribution in [3.05, 3.63) is 53.4 Å². The Morgan fingerprint density at radius 3 is 2.39 bits per heavy atom. The number of guanidine groups is 1. The van der Waals surface area contributed by atoms with Crippen LogP contribution in [0.25, 0.3) is 0 Å². The smallest absolute Gasteiger partial charge is 0.253 e. The Hall–Kier alpha value is -2.92. The van der Waals surface area contributed by atoms with Gasteiger partial charge in [0.05, 0.1) is 5.69 Å². The number of aliphatic imine (C=N–C) groups is 1. The highest BCUT2D eigenvalue weighted by Crippen LogP contribution is 2.13. The summed E-state index contributed by atoms with van der Waals surface area (Å²) in [5.41, 5.74) is 2.06. The maximum atomic E-state index is 12.6. The number of hydrogen-bond donors (Lipinski definition) is 1. The van der Waals surface area contributed by atoms with Gasteiger partial charge in [-0.3, -0.25) is 9.79 Å². The van der Waals surface area contributed by atoms with Crippen molar-refractivity contribution in [1.29, 1.82) is 0 Å². The number of carbonyl (C=O) groups excluding carboxylic acids is 1. The molecule has 2 aromatic rings. The number of sulfonamides is 1. The van der Waals surface area contributed by atoms with Crippen LogP contribution in [0.4, 0.5) is 0 Å². The molecule has 0 aliphatic carbocycles. The summed E-state index contributed by atoms with van der Waals surface area (Å²) in [5.74, 6) is 0.511. The third-order valence-electron chi connectivity index (χ3n) is 5.02. The Bertz CT molecular complexity index is 995. The molecule has 3 rings (SSSR count). The highest BCUT2D eigenvalue weighted by molar-refractivity contribution is 7.88. The largest absolute Gasteiger partial charge is 0.364 e. The average Bonchev–Trinajstić information content (AvgIpc) is 3.26. The molecule has 0 radical (unpaired) electrons. The second kappa shape index (κ2) is 9.92. The minimum absolute atomic E-state index is 0.0355. The molecule has 1 fully saturated rings. The van der Waals surface area contributed by atoms with Crippen molar-refractivity contribution in [2.75, 3.05) is 47.3 Å². The molecule has 0 spiro atoms. The van der Waals surface area contributed by atoms with Crippen molar-refractivity contribution < 1.29 is 17.7 Å². The second-order valence-corrected chi connectivity index (χ2v) is 9.40. The van der Waals surface area contributed by atoms with E-state index in [1.165, 1.54) is 10.6 Å². The van der Waals surface area contributed by atoms with Crippen molar-refractivity contribution in [3.8, 4) is 0 Å². The minimum atomic E-state index is -3.44. The summed E-state index contributed by atoms with van der Waals surface area (Å²) >= 11 is 0. The van der Waals surface area contributed by atoms with Crippen LogP contribution in [0.1, 0.15) is 21.6 Å². The van der Waals surface area contributed by atoms with Gasteiger partial charge in [0.1, 0.15) is 12.0 Å². The summed E-state index contributed by atoms with van der Waals surface area (Å²) in [6.45, 7) is 2.38. The predicted octanol–water partition coefficient (Wildman–Crippen LogP) is 0.599. The van der Waals surface area contributed by atoms with Gasteiger partial charge in [-0.05, 0) is 17.7 Å². The van der Waals surface area contributed by atoms with Crippen LogP contribution in [0.2, 0.25) is 0 Å². The normalized spacial score (nSPS) is 15.7. The van der Waals surface area contributed by atoms with E-state index in [1.54, 1.807) is 44.2 Å². The van der Waals surface area contributed by atoms with Crippen LogP contribution in [0.3, 0.4) is 0 Å². The molecule has 11 heteroatoms. The summed E-state index contributed by atoms with van der Waals surface area (Å²) in [6, 6.07) is 8.99. The van der Waals surface area contributed by atoms with E-state index in [4.69, 9.17) is 4.52 Å². The van der Waals surface area contributed by atoms with Crippen molar-refractivity contribution in [1.82, 2.24) is 24.6 Å². The molecule has 10 nitrogen and oxygen atoms in total. The molecule has 0 unspecified atom stereocenters. The van der Waals surface area contributed by atoms with Crippen LogP contribution in [-0.2, 0) is 22.3 Å². The zero-order chi connectivity index (χ0) is 22.4. The van der Waals surface area contributed by atoms with Gasteiger partial charge < -0.3 is 19.6 Å². The van der Waals surface area contributed by atoms with E-state index < -0.39 is 10.0 Å². The van der Waals surface area contributed by atoms with E-state index >= 15 is 0 Å². The fourth-order valence-electron chi connectivity index (χ4n) is 3.31. The van der Waals surface area contributed by atoms with Crippen LogP contribution >= 0.6 is 0 Å². The second-order valence-electron chi connectivity index (χ2n) is 7.43. The number of piperazine rings is 1. The molecule has 2 heterocycles. The lowest BCUT2D eigenvalue weighted by Gasteiger charge is -2.35. The van der Waals surface area contributed by atoms with Crippen molar-refractivity contribution >= 4 is 21.9 Å². The zero-order valence-corrected chi connectivity index (χ0v) is 18.8. The third-order valence-corrected chi connectivity index (χ3v) is 6.84. The zero-order valence-electron chi connectivity index (χ0n) is 18.0. The van der Waals surface area contributed by atoms with Crippen molar-refractivity contribution in [3.63, 3.8) is 0 Å². The molecular weight excluding hydrogens is 420 g/mol. The number of nitrogens with one attached hydrogen (secondary N) is 1. The summed E-state index contributed by atoms with van der Waals surface area (Å²) in [4.78, 5) is 19.9. The van der Waals surface area contributed by atoms with Gasteiger partial charge in [-0.15, -0.1) is 0 Å². The molecule has 0 saturated carbocycles. The monoisotopic (exact) mass is 448 g/mol. The average molecular weight is 449 g/mol. The maximum absolute atomic E-state index is 12.6. The molecule has 1 N–H and O–H groups in total. The summed E-state index contributed by atoms with van der Waals surface area (Å²) < 4.78 is 31.4. The van der Waals surface area contributed by atoms with Gasteiger partial charge >= 0.3 is 0 Å². The Labute approximate surface area is 182 Å². The number of rotatable bonds is 6. The molecule has 31 heavy (non-hydrogen) atoms. The van der Waals surface area contributed by atoms with E-state index in [-0.39, 0.29) is 11.7 Å². The first kappa shape index (κ1) is 22.8. The standard InChI is InChI=1S/C20H28N6O4S/c1-21-20(22-14-16-4-6-17(7-5-16)19(27)24(2)3)25-9-11-26(12-10-25)31(28,29)15-18-8-13-30-23-18/h4-8,13H,9-12,14-15H2,1-3H3,(H,21,22). The Morgan fingerprint density at radius 2 is 1.84 bits per heavy atom. The van der Waals surface area contributed by atoms with Crippen LogP contribution in [0, 0.1) is 0 Å². The fraction of sp³-hybridized carbons (Fsp3) is 0.450. The van der Waals surface area contributed by atoms with Gasteiger partial charge in [0, 0.05) is 65.5 Å². The first-order chi connectivity index (χ1) is 14.8. The summed E-state index contributed by atoms with van der Waals surface area (Å²) in [5, 5.41) is 6.99. The third kappa shape index (κ3) is 5.82. The van der Waals surface area contributed by atoms with Crippen LogP contribution < -0.4 is 5.32 Å². The summed E-state index contributed by atoms with van der Waals surface area (Å²) in [6.07, 6.45) is 1.37. The van der Waals surface area contributed by atoms with Gasteiger partial charge in [-0.2, -0.15) is 4.31 Å². The van der Waals surface area contributed by atoms with Crippen molar-refractivity contribution in [2.24, 2.45) is 4.99 Å². The molecule has 1 aliphatic rings. The number of benzene rings is 1. The van der Waals surface area contributed by atoms with E-state index in [0.29, 0.717) is 49.9 Å². The van der Waals surface area contributed by atoms with Crippen LogP contribution in [-0.4, -0.2) is 86.9 Å². The number of amides is 1. The quantitative estimate of drug-likeness (QED) is 0.509. The molecule has 1 amide bonds. The SMILES string of the molecule is CN=C(NCc1ccc(C(=O)N(C)C)cc1)N1CCN(S(=O)(=O)Cc2ccon2)CC1. The molecule has 168 valence electrons. The Balaban J connectivity index is 1.52. The molecule has 1 aliphatic heterocycles. The number of aromatic nitrogens is 1. The van der Waals surface area contributed by atoms with Gasteiger partial charge in [-0.1, -0.05) is 17.3 Å². The highest BCUT2D eigenvalue weighted by atomic mass is 32.2. The van der Waals surface area contributed by atoms with Gasteiger partial charge in [-0.25, -0.2) is 8.42 Å². The number of nitrogens with zero attached hydrogens (tertiary/aromatic N) is 5. The lowest BCUT2D eigenvalue weighted by atomic mass is 10.1. The number of hydrogen-bond acceptors (Lipinski definition) is 6. The summed E-state index contributed by atoms with van der Waals surface area (Å²) in [7, 11) is 1.71. The van der Waals surface area contributed by atoms with E-state index in [9.17, 15) is 13.2 Å². The van der Waals surface area contributed by atoms with Gasteiger partial charge in [0.15, 0.2) is 5.96 Å². The molecule has 1 aromatic carbocycles. The lowest BCUT2D eigenvalue weighted by molar-refractivity contribution is 0.0827. The molecular formula is C20H28N6O4S. The fourth-order valence-corrected chi connectivity index (χ4v) is 4.73. The molecule has 0 atom stereocenters. The Kier molecular flexibility index (Phi) is 7.29. The Morgan fingerprint density at radius 1 is 1.16 bits per heavy atom. The highest BCUT2D eigenvalue weighted by Gasteiger charge is 2.29. The molecule has 0 bridgehead atoms. The first-order valence-corrected chi connectivity index (χ1v) is 11.5. The van der Waals surface area contributed by atoms with Gasteiger partial charge in [0.2, 0.25) is 10.0 Å². The lowest BCUT2D eigenvalue weighted by Crippen LogP contribution is -2.53.